The molecule has 0 aliphatic carbocycles. The standard InChI is InChI=1S/C19H16N2O2S2/c1-11-9-14(23-20-11)13-6-4-8-21(13)19(22)17-10-16-18(25-17)12-5-2-3-7-15(12)24-16/h2-3,5,7,9-10,13H,4,6,8H2,1H3. The topological polar surface area (TPSA) is 46.3 Å². The summed E-state index contributed by atoms with van der Waals surface area (Å²) in [4.78, 5) is 15.9. The Bertz CT molecular complexity index is 1090. The fourth-order valence-electron chi connectivity index (χ4n) is 3.59. The molecule has 1 fully saturated rings. The lowest BCUT2D eigenvalue weighted by Gasteiger charge is -2.21. The maximum Gasteiger partial charge on any atom is 0.264 e. The summed E-state index contributed by atoms with van der Waals surface area (Å²) in [5.41, 5.74) is 0.859. The van der Waals surface area contributed by atoms with Gasteiger partial charge in [0.2, 0.25) is 0 Å². The van der Waals surface area contributed by atoms with Gasteiger partial charge >= 0.3 is 0 Å². The first-order valence-electron chi connectivity index (χ1n) is 8.36. The first-order chi connectivity index (χ1) is 12.2. The first-order valence-corrected chi connectivity index (χ1v) is 9.99. The molecule has 4 aromatic rings. The van der Waals surface area contributed by atoms with Crippen molar-refractivity contribution in [2.45, 2.75) is 25.8 Å². The van der Waals surface area contributed by atoms with E-state index in [1.165, 1.54) is 19.5 Å². The molecule has 1 amide bonds. The number of hydrogen-bond acceptors (Lipinski definition) is 5. The molecule has 1 atom stereocenters. The van der Waals surface area contributed by atoms with Crippen molar-refractivity contribution >= 4 is 48.1 Å². The zero-order valence-electron chi connectivity index (χ0n) is 13.7. The van der Waals surface area contributed by atoms with Gasteiger partial charge in [-0.05, 0) is 31.9 Å². The molecule has 0 saturated carbocycles. The second kappa shape index (κ2) is 5.68. The Morgan fingerprint density at radius 2 is 2.12 bits per heavy atom. The summed E-state index contributed by atoms with van der Waals surface area (Å²) in [6.45, 7) is 2.68. The lowest BCUT2D eigenvalue weighted by atomic mass is 10.1. The maximum atomic E-state index is 13.1. The van der Waals surface area contributed by atoms with Crippen LogP contribution in [0.15, 0.2) is 40.9 Å². The van der Waals surface area contributed by atoms with E-state index >= 15 is 0 Å². The van der Waals surface area contributed by atoms with Gasteiger partial charge in [-0.3, -0.25) is 4.79 Å². The van der Waals surface area contributed by atoms with Crippen LogP contribution in [0.25, 0.3) is 19.5 Å². The number of aryl methyl sites for hydroxylation is 1. The van der Waals surface area contributed by atoms with Gasteiger partial charge in [0, 0.05) is 27.4 Å². The van der Waals surface area contributed by atoms with Crippen molar-refractivity contribution in [1.82, 2.24) is 10.1 Å². The van der Waals surface area contributed by atoms with Crippen LogP contribution in [0.3, 0.4) is 0 Å². The van der Waals surface area contributed by atoms with Crippen LogP contribution < -0.4 is 0 Å². The van der Waals surface area contributed by atoms with E-state index in [0.717, 1.165) is 35.7 Å². The number of rotatable bonds is 2. The Labute approximate surface area is 152 Å². The molecule has 126 valence electrons. The second-order valence-corrected chi connectivity index (χ2v) is 8.57. The SMILES string of the molecule is Cc1cc(C2CCCN2C(=O)c2cc3sc4ccccc4c3s2)on1. The van der Waals surface area contributed by atoms with Gasteiger partial charge in [0.25, 0.3) is 5.91 Å². The molecule has 0 bridgehead atoms. The molecule has 4 nitrogen and oxygen atoms in total. The normalized spacial score (nSPS) is 17.8. The average molecular weight is 368 g/mol. The van der Waals surface area contributed by atoms with E-state index in [2.05, 4.69) is 29.4 Å². The zero-order chi connectivity index (χ0) is 17.0. The van der Waals surface area contributed by atoms with Crippen molar-refractivity contribution < 1.29 is 9.32 Å². The summed E-state index contributed by atoms with van der Waals surface area (Å²) < 4.78 is 9.12. The third-order valence-electron chi connectivity index (χ3n) is 4.75. The Kier molecular flexibility index (Phi) is 3.43. The van der Waals surface area contributed by atoms with E-state index in [9.17, 15) is 4.79 Å². The van der Waals surface area contributed by atoms with Gasteiger partial charge in [-0.15, -0.1) is 22.7 Å². The molecular weight excluding hydrogens is 352 g/mol. The monoisotopic (exact) mass is 368 g/mol. The zero-order valence-corrected chi connectivity index (χ0v) is 15.3. The second-order valence-electron chi connectivity index (χ2n) is 6.43. The summed E-state index contributed by atoms with van der Waals surface area (Å²) in [7, 11) is 0. The molecule has 6 heteroatoms. The van der Waals surface area contributed by atoms with Gasteiger partial charge in [-0.25, -0.2) is 0 Å². The summed E-state index contributed by atoms with van der Waals surface area (Å²) in [6.07, 6.45) is 1.93. The third-order valence-corrected chi connectivity index (χ3v) is 7.15. The van der Waals surface area contributed by atoms with Gasteiger partial charge in [0.1, 0.15) is 0 Å². The van der Waals surface area contributed by atoms with Gasteiger partial charge in [0.05, 0.1) is 21.3 Å². The van der Waals surface area contributed by atoms with E-state index in [4.69, 9.17) is 4.52 Å². The van der Waals surface area contributed by atoms with Crippen LogP contribution in [0.2, 0.25) is 0 Å². The molecule has 25 heavy (non-hydrogen) atoms. The number of carbonyl (C=O) groups excluding carboxylic acids is 1. The number of thiophene rings is 2. The molecule has 1 unspecified atom stereocenters. The molecule has 0 radical (unpaired) electrons. The average Bonchev–Trinajstić information content (AvgIpc) is 3.36. The molecule has 3 aromatic heterocycles. The highest BCUT2D eigenvalue weighted by atomic mass is 32.1. The predicted octanol–water partition coefficient (Wildman–Crippen LogP) is 5.39. The summed E-state index contributed by atoms with van der Waals surface area (Å²) in [5, 5.41) is 5.23. The molecule has 0 N–H and O–H groups in total. The highest BCUT2D eigenvalue weighted by Gasteiger charge is 2.34. The van der Waals surface area contributed by atoms with Crippen molar-refractivity contribution in [3.8, 4) is 0 Å². The maximum absolute atomic E-state index is 13.1. The Morgan fingerprint density at radius 3 is 2.96 bits per heavy atom. The van der Waals surface area contributed by atoms with Crippen LogP contribution in [0.4, 0.5) is 0 Å². The number of hydrogen-bond donors (Lipinski definition) is 0. The van der Waals surface area contributed by atoms with E-state index in [0.29, 0.717) is 0 Å². The molecule has 1 saturated heterocycles. The van der Waals surface area contributed by atoms with E-state index in [1.54, 1.807) is 22.7 Å². The lowest BCUT2D eigenvalue weighted by Crippen LogP contribution is -2.29. The van der Waals surface area contributed by atoms with Crippen molar-refractivity contribution in [2.24, 2.45) is 0 Å². The van der Waals surface area contributed by atoms with E-state index in [1.807, 2.05) is 24.0 Å². The van der Waals surface area contributed by atoms with E-state index < -0.39 is 0 Å². The lowest BCUT2D eigenvalue weighted by molar-refractivity contribution is 0.0719. The fraction of sp³-hybridized carbons (Fsp3) is 0.263. The highest BCUT2D eigenvalue weighted by Crippen LogP contribution is 2.41. The number of fused-ring (bicyclic) bond motifs is 3. The third kappa shape index (κ3) is 2.40. The number of benzene rings is 1. The molecule has 1 aliphatic rings. The predicted molar refractivity (Wildman–Crippen MR) is 101 cm³/mol. The van der Waals surface area contributed by atoms with Crippen LogP contribution in [-0.4, -0.2) is 22.5 Å². The Morgan fingerprint density at radius 1 is 1.24 bits per heavy atom. The number of likely N-dealkylation sites (tertiary alicyclic amines) is 1. The van der Waals surface area contributed by atoms with Crippen molar-refractivity contribution in [3.63, 3.8) is 0 Å². The number of carbonyl (C=O) groups is 1. The molecular formula is C19H16N2O2S2. The first kappa shape index (κ1) is 15.1. The number of amides is 1. The fourth-order valence-corrected chi connectivity index (χ4v) is 6.07. The van der Waals surface area contributed by atoms with Gasteiger partial charge in [0.15, 0.2) is 5.76 Å². The minimum absolute atomic E-state index is 0.00517. The quantitative estimate of drug-likeness (QED) is 0.476. The summed E-state index contributed by atoms with van der Waals surface area (Å²) in [6, 6.07) is 12.4. The van der Waals surface area contributed by atoms with Gasteiger partial charge < -0.3 is 9.42 Å². The van der Waals surface area contributed by atoms with Crippen LogP contribution in [-0.2, 0) is 0 Å². The summed E-state index contributed by atoms with van der Waals surface area (Å²) >= 11 is 3.36. The Balaban J connectivity index is 1.51. The number of aromatic nitrogens is 1. The van der Waals surface area contributed by atoms with Crippen LogP contribution >= 0.6 is 22.7 Å². The molecule has 5 rings (SSSR count). The van der Waals surface area contributed by atoms with Crippen LogP contribution in [0, 0.1) is 6.92 Å². The van der Waals surface area contributed by atoms with Crippen molar-refractivity contribution in [1.29, 1.82) is 0 Å². The highest BCUT2D eigenvalue weighted by molar-refractivity contribution is 7.33. The largest absolute Gasteiger partial charge is 0.359 e. The van der Waals surface area contributed by atoms with Gasteiger partial charge in [-0.1, -0.05) is 23.4 Å². The minimum atomic E-state index is 0.00517. The molecule has 0 spiro atoms. The molecule has 1 aromatic carbocycles. The number of nitrogens with zero attached hydrogens (tertiary/aromatic N) is 2. The molecule has 1 aliphatic heterocycles. The van der Waals surface area contributed by atoms with Gasteiger partial charge in [-0.2, -0.15) is 0 Å². The van der Waals surface area contributed by atoms with E-state index in [-0.39, 0.29) is 11.9 Å². The minimum Gasteiger partial charge on any atom is -0.359 e. The van der Waals surface area contributed by atoms with Crippen LogP contribution in [0.5, 0.6) is 0 Å². The smallest absolute Gasteiger partial charge is 0.264 e. The summed E-state index contributed by atoms with van der Waals surface area (Å²) in [5.74, 6) is 0.904. The van der Waals surface area contributed by atoms with Crippen molar-refractivity contribution in [2.75, 3.05) is 6.54 Å². The Hall–Kier alpha value is -2.18. The molecule has 4 heterocycles. The van der Waals surface area contributed by atoms with Crippen molar-refractivity contribution in [3.05, 3.63) is 52.7 Å². The van der Waals surface area contributed by atoms with Crippen LogP contribution in [0.1, 0.15) is 40.0 Å².